The zero-order valence-corrected chi connectivity index (χ0v) is 14.1. The van der Waals surface area contributed by atoms with Crippen LogP contribution >= 0.6 is 23.6 Å². The van der Waals surface area contributed by atoms with E-state index in [9.17, 15) is 14.7 Å². The third kappa shape index (κ3) is 3.52. The molecule has 0 aliphatic carbocycles. The Morgan fingerprint density at radius 3 is 2.79 bits per heavy atom. The number of H-pyrrole nitrogens is 1. The van der Waals surface area contributed by atoms with E-state index in [2.05, 4.69) is 15.5 Å². The normalized spacial score (nSPS) is 14.3. The van der Waals surface area contributed by atoms with E-state index >= 15 is 0 Å². The maximum Gasteiger partial charge on any atom is 0.335 e. The van der Waals surface area contributed by atoms with Gasteiger partial charge >= 0.3 is 5.97 Å². The molecule has 0 saturated heterocycles. The lowest BCUT2D eigenvalue weighted by molar-refractivity contribution is -0.132. The van der Waals surface area contributed by atoms with Gasteiger partial charge in [-0.1, -0.05) is 41.7 Å². The zero-order chi connectivity index (χ0) is 17.1. The van der Waals surface area contributed by atoms with Crippen LogP contribution < -0.4 is 5.32 Å². The molecule has 0 spiro atoms. The van der Waals surface area contributed by atoms with Crippen LogP contribution in [0.3, 0.4) is 0 Å². The SMILES string of the molecule is O=C(O)C1=C(Nc2n[nH]c(=S)s2)C(=O)N(CCc2ccccc2)C1. The third-order valence-electron chi connectivity index (χ3n) is 3.59. The molecule has 0 fully saturated rings. The molecule has 0 radical (unpaired) electrons. The number of hydrogen-bond donors (Lipinski definition) is 3. The predicted octanol–water partition coefficient (Wildman–Crippen LogP) is 2.04. The number of aromatic nitrogens is 2. The fourth-order valence-electron chi connectivity index (χ4n) is 2.41. The number of rotatable bonds is 6. The number of carboxylic acid groups (broad SMARTS) is 1. The van der Waals surface area contributed by atoms with E-state index in [0.29, 0.717) is 22.1 Å². The summed E-state index contributed by atoms with van der Waals surface area (Å²) in [6.07, 6.45) is 0.661. The molecule has 0 atom stereocenters. The van der Waals surface area contributed by atoms with Crippen molar-refractivity contribution in [2.75, 3.05) is 18.4 Å². The molecule has 1 amide bonds. The molecule has 24 heavy (non-hydrogen) atoms. The second-order valence-electron chi connectivity index (χ2n) is 5.16. The molecule has 2 aromatic rings. The Morgan fingerprint density at radius 2 is 2.17 bits per heavy atom. The van der Waals surface area contributed by atoms with E-state index in [1.165, 1.54) is 4.90 Å². The number of nitrogens with one attached hydrogen (secondary N) is 2. The Hall–Kier alpha value is -2.52. The summed E-state index contributed by atoms with van der Waals surface area (Å²) < 4.78 is 0.446. The van der Waals surface area contributed by atoms with E-state index < -0.39 is 5.97 Å². The molecule has 0 unspecified atom stereocenters. The van der Waals surface area contributed by atoms with Crippen LogP contribution in [0.25, 0.3) is 0 Å². The van der Waals surface area contributed by atoms with Crippen molar-refractivity contribution in [3.05, 3.63) is 51.1 Å². The molecule has 9 heteroatoms. The molecular weight excluding hydrogens is 348 g/mol. The Bertz CT molecular complexity index is 857. The molecule has 0 bridgehead atoms. The Kier molecular flexibility index (Phi) is 4.72. The number of amides is 1. The Labute approximate surface area is 146 Å². The molecule has 1 aliphatic heterocycles. The maximum absolute atomic E-state index is 12.5. The van der Waals surface area contributed by atoms with Gasteiger partial charge in [0.05, 0.1) is 12.1 Å². The van der Waals surface area contributed by atoms with Gasteiger partial charge in [-0.25, -0.2) is 4.79 Å². The minimum absolute atomic E-state index is 0.0363. The van der Waals surface area contributed by atoms with Gasteiger partial charge in [-0.3, -0.25) is 9.89 Å². The largest absolute Gasteiger partial charge is 0.478 e. The monoisotopic (exact) mass is 362 g/mol. The first-order valence-electron chi connectivity index (χ1n) is 7.17. The summed E-state index contributed by atoms with van der Waals surface area (Å²) in [5.41, 5.74) is 1.18. The van der Waals surface area contributed by atoms with Gasteiger partial charge in [0, 0.05) is 6.54 Å². The Morgan fingerprint density at radius 1 is 1.42 bits per heavy atom. The highest BCUT2D eigenvalue weighted by Gasteiger charge is 2.34. The highest BCUT2D eigenvalue weighted by molar-refractivity contribution is 7.73. The molecule has 1 aromatic heterocycles. The summed E-state index contributed by atoms with van der Waals surface area (Å²) in [5, 5.41) is 19.0. The van der Waals surface area contributed by atoms with E-state index in [4.69, 9.17) is 12.2 Å². The summed E-state index contributed by atoms with van der Waals surface area (Å²) >= 11 is 6.08. The van der Waals surface area contributed by atoms with Crippen molar-refractivity contribution in [3.63, 3.8) is 0 Å². The molecule has 3 rings (SSSR count). The van der Waals surface area contributed by atoms with Crippen molar-refractivity contribution in [1.82, 2.24) is 15.1 Å². The molecule has 1 aliphatic rings. The van der Waals surface area contributed by atoms with Crippen molar-refractivity contribution < 1.29 is 14.7 Å². The fraction of sp³-hybridized carbons (Fsp3) is 0.200. The van der Waals surface area contributed by atoms with Gasteiger partial charge in [-0.05, 0) is 24.2 Å². The fourth-order valence-corrected chi connectivity index (χ4v) is 3.21. The maximum atomic E-state index is 12.5. The minimum Gasteiger partial charge on any atom is -0.478 e. The lowest BCUT2D eigenvalue weighted by Crippen LogP contribution is -2.30. The molecule has 7 nitrogen and oxygen atoms in total. The molecule has 2 heterocycles. The van der Waals surface area contributed by atoms with Crippen LogP contribution in [0.5, 0.6) is 0 Å². The van der Waals surface area contributed by atoms with Crippen LogP contribution in [0.15, 0.2) is 41.6 Å². The number of aliphatic carboxylic acids is 1. The van der Waals surface area contributed by atoms with Crippen molar-refractivity contribution in [2.45, 2.75) is 6.42 Å². The molecular formula is C15H14N4O3S2. The van der Waals surface area contributed by atoms with Gasteiger partial charge in [0.25, 0.3) is 5.91 Å². The van der Waals surface area contributed by atoms with Crippen molar-refractivity contribution in [2.24, 2.45) is 0 Å². The molecule has 124 valence electrons. The number of carbonyl (C=O) groups excluding carboxylic acids is 1. The second kappa shape index (κ2) is 6.93. The zero-order valence-electron chi connectivity index (χ0n) is 12.5. The standard InChI is InChI=1S/C15H14N4O3S2/c20-12-11(16-14-17-18-15(23)24-14)10(13(21)22)8-19(12)7-6-9-4-2-1-3-5-9/h1-5H,6-8H2,(H,16,17)(H,18,23)(H,21,22). The van der Waals surface area contributed by atoms with Gasteiger partial charge in [0.2, 0.25) is 5.13 Å². The van der Waals surface area contributed by atoms with Crippen LogP contribution in [-0.4, -0.2) is 45.2 Å². The number of hydrogen-bond acceptors (Lipinski definition) is 6. The first-order valence-corrected chi connectivity index (χ1v) is 8.39. The van der Waals surface area contributed by atoms with Crippen molar-refractivity contribution >= 4 is 40.6 Å². The molecule has 3 N–H and O–H groups in total. The first-order chi connectivity index (χ1) is 11.5. The number of anilines is 1. The number of carboxylic acids is 1. The first kappa shape index (κ1) is 16.3. The summed E-state index contributed by atoms with van der Waals surface area (Å²) in [6, 6.07) is 9.74. The Balaban J connectivity index is 1.74. The summed E-state index contributed by atoms with van der Waals surface area (Å²) in [6.45, 7) is 0.514. The van der Waals surface area contributed by atoms with Crippen LogP contribution in [-0.2, 0) is 16.0 Å². The molecule has 0 saturated carbocycles. The summed E-state index contributed by atoms with van der Waals surface area (Å²) in [4.78, 5) is 25.5. The van der Waals surface area contributed by atoms with E-state index in [1.54, 1.807) is 0 Å². The predicted molar refractivity (Wildman–Crippen MR) is 92.3 cm³/mol. The van der Waals surface area contributed by atoms with E-state index in [-0.39, 0.29) is 23.7 Å². The van der Waals surface area contributed by atoms with Crippen molar-refractivity contribution in [3.8, 4) is 0 Å². The van der Waals surface area contributed by atoms with Gasteiger partial charge in [0.1, 0.15) is 5.70 Å². The van der Waals surface area contributed by atoms with Crippen LogP contribution in [0.2, 0.25) is 0 Å². The third-order valence-corrected chi connectivity index (χ3v) is 4.60. The van der Waals surface area contributed by atoms with E-state index in [0.717, 1.165) is 16.9 Å². The van der Waals surface area contributed by atoms with Crippen LogP contribution in [0.4, 0.5) is 5.13 Å². The second-order valence-corrected chi connectivity index (χ2v) is 6.83. The lowest BCUT2D eigenvalue weighted by atomic mass is 10.1. The van der Waals surface area contributed by atoms with Gasteiger partial charge in [-0.15, -0.1) is 5.10 Å². The van der Waals surface area contributed by atoms with Crippen LogP contribution in [0.1, 0.15) is 5.56 Å². The van der Waals surface area contributed by atoms with Gasteiger partial charge in [-0.2, -0.15) is 0 Å². The molecule has 1 aromatic carbocycles. The highest BCUT2D eigenvalue weighted by Crippen LogP contribution is 2.23. The average Bonchev–Trinajstić information content (AvgIpc) is 3.11. The average molecular weight is 362 g/mol. The summed E-state index contributed by atoms with van der Waals surface area (Å²) in [7, 11) is 0. The number of aromatic amines is 1. The quantitative estimate of drug-likeness (QED) is 0.680. The summed E-state index contributed by atoms with van der Waals surface area (Å²) in [5.74, 6) is -1.46. The number of carbonyl (C=O) groups is 2. The smallest absolute Gasteiger partial charge is 0.335 e. The van der Waals surface area contributed by atoms with Gasteiger partial charge in [0.15, 0.2) is 3.95 Å². The van der Waals surface area contributed by atoms with E-state index in [1.807, 2.05) is 30.3 Å². The van der Waals surface area contributed by atoms with Crippen molar-refractivity contribution in [1.29, 1.82) is 0 Å². The van der Waals surface area contributed by atoms with Crippen LogP contribution in [0, 0.1) is 3.95 Å². The number of nitrogens with zero attached hydrogens (tertiary/aromatic N) is 2. The lowest BCUT2D eigenvalue weighted by Gasteiger charge is -2.16. The highest BCUT2D eigenvalue weighted by atomic mass is 32.1. The minimum atomic E-state index is -1.12. The topological polar surface area (TPSA) is 98.3 Å². The van der Waals surface area contributed by atoms with Gasteiger partial charge < -0.3 is 15.3 Å². The number of benzene rings is 1.